The number of likely N-dealkylation sites (tertiary alicyclic amines) is 1. The molecule has 24 heavy (non-hydrogen) atoms. The fraction of sp³-hybridized carbons (Fsp3) is 0.684. The van der Waals surface area contributed by atoms with E-state index in [-0.39, 0.29) is 18.1 Å². The van der Waals surface area contributed by atoms with Crippen molar-refractivity contribution in [1.82, 2.24) is 10.2 Å². The summed E-state index contributed by atoms with van der Waals surface area (Å²) in [5.74, 6) is 0.0723. The second-order valence-electron chi connectivity index (χ2n) is 6.68. The Morgan fingerprint density at radius 1 is 1.29 bits per heavy atom. The standard InChI is InChI=1S/C19H30N2O2S/c1-3-4-12-21-13-6-5-7-16(21)14-20-19(23)11-9-17(22)18-10-8-15(2)24-18/h8,10,16H,3-7,9,11-14H2,1-2H3,(H,20,23). The molecule has 1 aromatic heterocycles. The zero-order valence-electron chi connectivity index (χ0n) is 15.0. The van der Waals surface area contributed by atoms with Crippen LogP contribution in [-0.2, 0) is 4.79 Å². The number of unbranched alkanes of at least 4 members (excludes halogenated alkanes) is 1. The highest BCUT2D eigenvalue weighted by molar-refractivity contribution is 7.14. The molecule has 0 saturated carbocycles. The minimum atomic E-state index is -0.00218. The quantitative estimate of drug-likeness (QED) is 0.689. The van der Waals surface area contributed by atoms with Crippen LogP contribution in [0.15, 0.2) is 12.1 Å². The number of aryl methyl sites for hydroxylation is 1. The maximum Gasteiger partial charge on any atom is 0.220 e. The Balaban J connectivity index is 1.70. The van der Waals surface area contributed by atoms with E-state index in [4.69, 9.17) is 0 Å². The highest BCUT2D eigenvalue weighted by Gasteiger charge is 2.22. The number of carbonyl (C=O) groups is 2. The van der Waals surface area contributed by atoms with Gasteiger partial charge in [-0.15, -0.1) is 11.3 Å². The molecule has 1 fully saturated rings. The van der Waals surface area contributed by atoms with E-state index in [1.165, 1.54) is 37.0 Å². The SMILES string of the molecule is CCCCN1CCCCC1CNC(=O)CCC(=O)c1ccc(C)s1. The number of ketones is 1. The summed E-state index contributed by atoms with van der Waals surface area (Å²) in [5.41, 5.74) is 0. The van der Waals surface area contributed by atoms with E-state index < -0.39 is 0 Å². The minimum Gasteiger partial charge on any atom is -0.355 e. The molecule has 5 heteroatoms. The Hall–Kier alpha value is -1.20. The second kappa shape index (κ2) is 9.94. The summed E-state index contributed by atoms with van der Waals surface area (Å²) in [5, 5.41) is 3.04. The Bertz CT molecular complexity index is 541. The Kier molecular flexibility index (Phi) is 7.92. The third kappa shape index (κ3) is 6.02. The van der Waals surface area contributed by atoms with Gasteiger partial charge in [-0.2, -0.15) is 0 Å². The first-order chi connectivity index (χ1) is 11.6. The number of nitrogens with one attached hydrogen (secondary N) is 1. The van der Waals surface area contributed by atoms with Crippen molar-refractivity contribution in [3.63, 3.8) is 0 Å². The fourth-order valence-corrected chi connectivity index (χ4v) is 4.04. The van der Waals surface area contributed by atoms with Gasteiger partial charge in [-0.05, 0) is 51.4 Å². The molecule has 1 unspecified atom stereocenters. The van der Waals surface area contributed by atoms with Crippen molar-refractivity contribution >= 4 is 23.0 Å². The number of amides is 1. The lowest BCUT2D eigenvalue weighted by atomic mass is 10.0. The summed E-state index contributed by atoms with van der Waals surface area (Å²) < 4.78 is 0. The molecule has 0 spiro atoms. The molecule has 1 aliphatic heterocycles. The number of rotatable bonds is 9. The smallest absolute Gasteiger partial charge is 0.220 e. The molecule has 0 aliphatic carbocycles. The summed E-state index contributed by atoms with van der Waals surface area (Å²) >= 11 is 1.50. The van der Waals surface area contributed by atoms with Crippen LogP contribution in [0.25, 0.3) is 0 Å². The van der Waals surface area contributed by atoms with Crippen LogP contribution in [0, 0.1) is 6.92 Å². The monoisotopic (exact) mass is 350 g/mol. The zero-order valence-corrected chi connectivity index (χ0v) is 15.8. The summed E-state index contributed by atoms with van der Waals surface area (Å²) in [7, 11) is 0. The zero-order chi connectivity index (χ0) is 17.4. The third-order valence-corrected chi connectivity index (χ3v) is 5.72. The Morgan fingerprint density at radius 2 is 2.12 bits per heavy atom. The Morgan fingerprint density at radius 3 is 2.83 bits per heavy atom. The van der Waals surface area contributed by atoms with Crippen LogP contribution < -0.4 is 5.32 Å². The van der Waals surface area contributed by atoms with Gasteiger partial charge in [0.2, 0.25) is 5.91 Å². The van der Waals surface area contributed by atoms with Crippen molar-refractivity contribution < 1.29 is 9.59 Å². The summed E-state index contributed by atoms with van der Waals surface area (Å²) in [6.07, 6.45) is 6.70. The normalized spacial score (nSPS) is 18.5. The first-order valence-corrected chi connectivity index (χ1v) is 10.0. The number of hydrogen-bond donors (Lipinski definition) is 1. The van der Waals surface area contributed by atoms with Crippen LogP contribution >= 0.6 is 11.3 Å². The summed E-state index contributed by atoms with van der Waals surface area (Å²) in [6.45, 7) is 7.20. The van der Waals surface area contributed by atoms with Gasteiger partial charge < -0.3 is 5.32 Å². The molecule has 1 aliphatic rings. The molecule has 1 aromatic rings. The van der Waals surface area contributed by atoms with Gasteiger partial charge in [0.15, 0.2) is 5.78 Å². The molecule has 0 radical (unpaired) electrons. The van der Waals surface area contributed by atoms with Crippen LogP contribution in [-0.4, -0.2) is 42.3 Å². The predicted molar refractivity (Wildman–Crippen MR) is 99.8 cm³/mol. The first kappa shape index (κ1) is 19.1. The second-order valence-corrected chi connectivity index (χ2v) is 7.96. The van der Waals surface area contributed by atoms with Gasteiger partial charge in [-0.3, -0.25) is 14.5 Å². The summed E-state index contributed by atoms with van der Waals surface area (Å²) in [4.78, 5) is 28.5. The van der Waals surface area contributed by atoms with Crippen molar-refractivity contribution in [3.8, 4) is 0 Å². The Labute approximate surface area is 149 Å². The van der Waals surface area contributed by atoms with E-state index in [2.05, 4.69) is 17.1 Å². The van der Waals surface area contributed by atoms with Gasteiger partial charge in [-0.1, -0.05) is 19.8 Å². The number of Topliss-reactive ketones (excluding diaryl/α,β-unsaturated/α-hetero) is 1. The lowest BCUT2D eigenvalue weighted by Gasteiger charge is -2.35. The average molecular weight is 351 g/mol. The van der Waals surface area contributed by atoms with Crippen molar-refractivity contribution in [1.29, 1.82) is 0 Å². The van der Waals surface area contributed by atoms with Gasteiger partial charge in [-0.25, -0.2) is 0 Å². The first-order valence-electron chi connectivity index (χ1n) is 9.20. The molecule has 4 nitrogen and oxygen atoms in total. The largest absolute Gasteiger partial charge is 0.355 e. The van der Waals surface area contributed by atoms with Crippen molar-refractivity contribution in [2.24, 2.45) is 0 Å². The van der Waals surface area contributed by atoms with Crippen LogP contribution in [0.1, 0.15) is 66.4 Å². The lowest BCUT2D eigenvalue weighted by Crippen LogP contribution is -2.47. The number of hydrogen-bond acceptors (Lipinski definition) is 4. The van der Waals surface area contributed by atoms with Gasteiger partial charge in [0.05, 0.1) is 4.88 Å². The molecule has 1 saturated heterocycles. The topological polar surface area (TPSA) is 49.4 Å². The fourth-order valence-electron chi connectivity index (χ4n) is 3.20. The molecule has 1 N–H and O–H groups in total. The molecule has 1 atom stereocenters. The molecule has 0 aromatic carbocycles. The minimum absolute atomic E-state index is 0.00218. The van der Waals surface area contributed by atoms with Gasteiger partial charge in [0.1, 0.15) is 0 Å². The van der Waals surface area contributed by atoms with Crippen molar-refractivity contribution in [3.05, 3.63) is 21.9 Å². The molecule has 1 amide bonds. The van der Waals surface area contributed by atoms with Crippen molar-refractivity contribution in [2.75, 3.05) is 19.6 Å². The highest BCUT2D eigenvalue weighted by atomic mass is 32.1. The van der Waals surface area contributed by atoms with E-state index in [1.54, 1.807) is 0 Å². The van der Waals surface area contributed by atoms with Crippen LogP contribution in [0.4, 0.5) is 0 Å². The van der Waals surface area contributed by atoms with E-state index in [0.717, 1.165) is 35.8 Å². The van der Waals surface area contributed by atoms with E-state index in [0.29, 0.717) is 12.5 Å². The maximum atomic E-state index is 12.1. The summed E-state index contributed by atoms with van der Waals surface area (Å²) in [6, 6.07) is 4.27. The number of carbonyl (C=O) groups excluding carboxylic acids is 2. The van der Waals surface area contributed by atoms with Crippen LogP contribution in [0.3, 0.4) is 0 Å². The maximum absolute atomic E-state index is 12.1. The van der Waals surface area contributed by atoms with E-state index >= 15 is 0 Å². The molecular weight excluding hydrogens is 320 g/mol. The van der Waals surface area contributed by atoms with Gasteiger partial charge in [0, 0.05) is 30.3 Å². The number of nitrogens with zero attached hydrogens (tertiary/aromatic N) is 1. The predicted octanol–water partition coefficient (Wildman–Crippen LogP) is 3.79. The number of thiophene rings is 1. The van der Waals surface area contributed by atoms with E-state index in [9.17, 15) is 9.59 Å². The molecule has 2 rings (SSSR count). The van der Waals surface area contributed by atoms with E-state index in [1.807, 2.05) is 19.1 Å². The lowest BCUT2D eigenvalue weighted by molar-refractivity contribution is -0.121. The average Bonchev–Trinajstić information content (AvgIpc) is 3.03. The molecule has 2 heterocycles. The molecule has 134 valence electrons. The van der Waals surface area contributed by atoms with Gasteiger partial charge in [0.25, 0.3) is 0 Å². The van der Waals surface area contributed by atoms with Gasteiger partial charge >= 0.3 is 0 Å². The van der Waals surface area contributed by atoms with Crippen LogP contribution in [0.5, 0.6) is 0 Å². The van der Waals surface area contributed by atoms with Crippen LogP contribution in [0.2, 0.25) is 0 Å². The van der Waals surface area contributed by atoms with Crippen molar-refractivity contribution in [2.45, 2.75) is 64.8 Å². The third-order valence-electron chi connectivity index (χ3n) is 4.68. The highest BCUT2D eigenvalue weighted by Crippen LogP contribution is 2.18. The number of piperidine rings is 1. The molecular formula is C19H30N2O2S. The molecule has 0 bridgehead atoms.